The van der Waals surface area contributed by atoms with E-state index < -0.39 is 35.1 Å². The van der Waals surface area contributed by atoms with Crippen LogP contribution in [-0.4, -0.2) is 48.0 Å². The number of carboxylic acid groups (broad SMARTS) is 2. The van der Waals surface area contributed by atoms with E-state index in [-0.39, 0.29) is 4.90 Å². The zero-order valence-corrected chi connectivity index (χ0v) is 13.8. The van der Waals surface area contributed by atoms with E-state index in [1.54, 1.807) is 36.4 Å². The molecule has 0 aliphatic carbocycles. The zero-order valence-electron chi connectivity index (χ0n) is 13.0. The van der Waals surface area contributed by atoms with Crippen molar-refractivity contribution in [3.63, 3.8) is 0 Å². The van der Waals surface area contributed by atoms with E-state index in [4.69, 9.17) is 15.9 Å². The SMILES string of the molecule is Nc1ccc(-c2ccc(S(=O)(=O)N(CC(=O)O)CC(=O)O)cc2)cc1. The summed E-state index contributed by atoms with van der Waals surface area (Å²) < 4.78 is 25.4. The average molecular weight is 364 g/mol. The third-order valence-corrected chi connectivity index (χ3v) is 5.17. The summed E-state index contributed by atoms with van der Waals surface area (Å²) in [7, 11) is -4.25. The van der Waals surface area contributed by atoms with Crippen molar-refractivity contribution < 1.29 is 28.2 Å². The van der Waals surface area contributed by atoms with Crippen LogP contribution in [0.3, 0.4) is 0 Å². The van der Waals surface area contributed by atoms with Crippen LogP contribution in [0.4, 0.5) is 5.69 Å². The topological polar surface area (TPSA) is 138 Å². The predicted octanol–water partition coefficient (Wildman–Crippen LogP) is 1.10. The quantitative estimate of drug-likeness (QED) is 0.625. The fourth-order valence-electron chi connectivity index (χ4n) is 2.17. The van der Waals surface area contributed by atoms with Crippen LogP contribution in [-0.2, 0) is 19.6 Å². The van der Waals surface area contributed by atoms with E-state index in [0.29, 0.717) is 9.99 Å². The van der Waals surface area contributed by atoms with Gasteiger partial charge in [-0.1, -0.05) is 24.3 Å². The van der Waals surface area contributed by atoms with Crippen LogP contribution in [0, 0.1) is 0 Å². The molecule has 0 radical (unpaired) electrons. The largest absolute Gasteiger partial charge is 0.480 e. The number of hydrogen-bond acceptors (Lipinski definition) is 5. The van der Waals surface area contributed by atoms with Crippen molar-refractivity contribution in [1.82, 2.24) is 4.31 Å². The van der Waals surface area contributed by atoms with Crippen molar-refractivity contribution in [2.45, 2.75) is 4.90 Å². The molecule has 0 heterocycles. The molecule has 0 fully saturated rings. The van der Waals surface area contributed by atoms with Crippen molar-refractivity contribution >= 4 is 27.6 Å². The van der Waals surface area contributed by atoms with Gasteiger partial charge in [-0.25, -0.2) is 8.42 Å². The Balaban J connectivity index is 2.33. The zero-order chi connectivity index (χ0) is 18.6. The molecule has 0 saturated heterocycles. The Kier molecular flexibility index (Phi) is 5.40. The highest BCUT2D eigenvalue weighted by atomic mass is 32.2. The van der Waals surface area contributed by atoms with Gasteiger partial charge in [0.2, 0.25) is 10.0 Å². The third kappa shape index (κ3) is 4.55. The second-order valence-corrected chi connectivity index (χ2v) is 7.14. The Morgan fingerprint density at radius 3 is 1.64 bits per heavy atom. The lowest BCUT2D eigenvalue weighted by Crippen LogP contribution is -2.39. The maximum atomic E-state index is 12.5. The maximum absolute atomic E-state index is 12.5. The van der Waals surface area contributed by atoms with Crippen LogP contribution >= 0.6 is 0 Å². The number of sulfonamides is 1. The van der Waals surface area contributed by atoms with Crippen molar-refractivity contribution in [3.8, 4) is 11.1 Å². The van der Waals surface area contributed by atoms with Crippen LogP contribution < -0.4 is 5.73 Å². The van der Waals surface area contributed by atoms with Crippen molar-refractivity contribution in [2.75, 3.05) is 18.8 Å². The van der Waals surface area contributed by atoms with Gasteiger partial charge in [-0.05, 0) is 35.4 Å². The van der Waals surface area contributed by atoms with Gasteiger partial charge in [-0.2, -0.15) is 4.31 Å². The number of rotatable bonds is 7. The number of carbonyl (C=O) groups is 2. The molecule has 8 nitrogen and oxygen atoms in total. The van der Waals surface area contributed by atoms with Gasteiger partial charge in [0.05, 0.1) is 4.90 Å². The maximum Gasteiger partial charge on any atom is 0.318 e. The lowest BCUT2D eigenvalue weighted by molar-refractivity contribution is -0.139. The van der Waals surface area contributed by atoms with Crippen LogP contribution in [0.5, 0.6) is 0 Å². The summed E-state index contributed by atoms with van der Waals surface area (Å²) in [5.74, 6) is -2.88. The van der Waals surface area contributed by atoms with Crippen LogP contribution in [0.15, 0.2) is 53.4 Å². The first kappa shape index (κ1) is 18.4. The van der Waals surface area contributed by atoms with Crippen molar-refractivity contribution in [3.05, 3.63) is 48.5 Å². The minimum atomic E-state index is -4.25. The molecular formula is C16H16N2O6S. The molecule has 0 aliphatic rings. The first-order chi connectivity index (χ1) is 11.7. The molecule has 0 unspecified atom stereocenters. The van der Waals surface area contributed by atoms with E-state index in [0.717, 1.165) is 11.1 Å². The first-order valence-corrected chi connectivity index (χ1v) is 8.54. The van der Waals surface area contributed by atoms with Crippen LogP contribution in [0.1, 0.15) is 0 Å². The highest BCUT2D eigenvalue weighted by Gasteiger charge is 2.28. The Morgan fingerprint density at radius 1 is 0.840 bits per heavy atom. The molecule has 9 heteroatoms. The summed E-state index contributed by atoms with van der Waals surface area (Å²) >= 11 is 0. The molecule has 0 aliphatic heterocycles. The smallest absolute Gasteiger partial charge is 0.318 e. The van der Waals surface area contributed by atoms with Gasteiger partial charge >= 0.3 is 11.9 Å². The molecule has 25 heavy (non-hydrogen) atoms. The monoisotopic (exact) mass is 364 g/mol. The number of benzene rings is 2. The van der Waals surface area contributed by atoms with Crippen molar-refractivity contribution in [2.24, 2.45) is 0 Å². The molecule has 0 spiro atoms. The molecule has 132 valence electrons. The molecule has 2 aromatic carbocycles. The van der Waals surface area contributed by atoms with Gasteiger partial charge in [-0.15, -0.1) is 0 Å². The molecule has 2 aromatic rings. The first-order valence-electron chi connectivity index (χ1n) is 7.10. The lowest BCUT2D eigenvalue weighted by atomic mass is 10.1. The number of nitrogen functional groups attached to an aromatic ring is 1. The number of anilines is 1. The summed E-state index contributed by atoms with van der Waals surface area (Å²) in [6, 6.07) is 12.7. The molecule has 0 atom stereocenters. The molecule has 0 saturated carbocycles. The number of nitrogens with two attached hydrogens (primary N) is 1. The van der Waals surface area contributed by atoms with Gasteiger partial charge in [-0.3, -0.25) is 9.59 Å². The Labute approximate surface area is 144 Å². The Hall–Kier alpha value is -2.91. The fourth-order valence-corrected chi connectivity index (χ4v) is 3.51. The summed E-state index contributed by atoms with van der Waals surface area (Å²) in [6.45, 7) is -1.87. The standard InChI is InChI=1S/C16H16N2O6S/c17-13-5-1-11(2-6-13)12-3-7-14(8-4-12)25(23,24)18(9-15(19)20)10-16(21)22/h1-8H,9-10,17H2,(H,19,20)(H,21,22). The van der Waals surface area contributed by atoms with Gasteiger partial charge in [0.15, 0.2) is 0 Å². The van der Waals surface area contributed by atoms with Gasteiger partial charge in [0.1, 0.15) is 13.1 Å². The van der Waals surface area contributed by atoms with Crippen LogP contribution in [0.25, 0.3) is 11.1 Å². The van der Waals surface area contributed by atoms with Gasteiger partial charge in [0, 0.05) is 5.69 Å². The van der Waals surface area contributed by atoms with E-state index in [1.165, 1.54) is 12.1 Å². The number of aliphatic carboxylic acids is 2. The minimum absolute atomic E-state index is 0.186. The number of carboxylic acids is 2. The van der Waals surface area contributed by atoms with Gasteiger partial charge in [0.25, 0.3) is 0 Å². The minimum Gasteiger partial charge on any atom is -0.480 e. The molecule has 4 N–H and O–H groups in total. The second kappa shape index (κ2) is 7.32. The molecular weight excluding hydrogens is 348 g/mol. The fraction of sp³-hybridized carbons (Fsp3) is 0.125. The van der Waals surface area contributed by atoms with E-state index in [1.807, 2.05) is 0 Å². The van der Waals surface area contributed by atoms with Crippen LogP contribution in [0.2, 0.25) is 0 Å². The third-order valence-electron chi connectivity index (χ3n) is 3.36. The highest BCUT2D eigenvalue weighted by molar-refractivity contribution is 7.89. The summed E-state index contributed by atoms with van der Waals surface area (Å²) in [4.78, 5) is 21.5. The normalized spacial score (nSPS) is 11.4. The molecule has 0 aromatic heterocycles. The average Bonchev–Trinajstić information content (AvgIpc) is 2.54. The Bertz CT molecular complexity index is 860. The molecule has 0 bridgehead atoms. The Morgan fingerprint density at radius 2 is 1.24 bits per heavy atom. The summed E-state index contributed by atoms with van der Waals surface area (Å²) in [5.41, 5.74) is 7.78. The number of hydrogen-bond donors (Lipinski definition) is 3. The summed E-state index contributed by atoms with van der Waals surface area (Å²) in [6.07, 6.45) is 0. The predicted molar refractivity (Wildman–Crippen MR) is 90.3 cm³/mol. The summed E-state index contributed by atoms with van der Waals surface area (Å²) in [5, 5.41) is 17.6. The van der Waals surface area contributed by atoms with Gasteiger partial charge < -0.3 is 15.9 Å². The molecule has 0 amide bonds. The second-order valence-electron chi connectivity index (χ2n) is 5.21. The van der Waals surface area contributed by atoms with Crippen molar-refractivity contribution in [1.29, 1.82) is 0 Å². The molecule has 2 rings (SSSR count). The van der Waals surface area contributed by atoms with E-state index in [9.17, 15) is 18.0 Å². The van der Waals surface area contributed by atoms with E-state index in [2.05, 4.69) is 0 Å². The highest BCUT2D eigenvalue weighted by Crippen LogP contribution is 2.23. The lowest BCUT2D eigenvalue weighted by Gasteiger charge is -2.18. The van der Waals surface area contributed by atoms with E-state index >= 15 is 0 Å². The number of nitrogens with zero attached hydrogens (tertiary/aromatic N) is 1.